The third-order valence-electron chi connectivity index (χ3n) is 6.18. The first-order valence-electron chi connectivity index (χ1n) is 8.69. The van der Waals surface area contributed by atoms with E-state index in [2.05, 4.69) is 25.1 Å². The summed E-state index contributed by atoms with van der Waals surface area (Å²) in [5.74, 6) is 3.40. The molecule has 3 rings (SSSR count). The summed E-state index contributed by atoms with van der Waals surface area (Å²) in [5, 5.41) is 0. The first kappa shape index (κ1) is 16.0. The van der Waals surface area contributed by atoms with Crippen molar-refractivity contribution in [1.82, 2.24) is 4.90 Å². The Morgan fingerprint density at radius 1 is 1.32 bits per heavy atom. The lowest BCUT2D eigenvalue weighted by Gasteiger charge is -2.45. The first-order chi connectivity index (χ1) is 10.4. The fourth-order valence-electron chi connectivity index (χ4n) is 5.17. The van der Waals surface area contributed by atoms with Crippen LogP contribution in [0.3, 0.4) is 0 Å². The third-order valence-corrected chi connectivity index (χ3v) is 6.18. The van der Waals surface area contributed by atoms with E-state index in [0.717, 1.165) is 24.1 Å². The van der Waals surface area contributed by atoms with Gasteiger partial charge in [-0.15, -0.1) is 0 Å². The van der Waals surface area contributed by atoms with E-state index < -0.39 is 5.67 Å². The molecule has 0 N–H and O–H groups in total. The van der Waals surface area contributed by atoms with Gasteiger partial charge in [0.1, 0.15) is 11.4 Å². The van der Waals surface area contributed by atoms with Gasteiger partial charge in [-0.25, -0.2) is 4.39 Å². The zero-order chi connectivity index (χ0) is 15.9. The number of nitrogens with zero attached hydrogens (tertiary/aromatic N) is 1. The van der Waals surface area contributed by atoms with E-state index in [9.17, 15) is 0 Å². The van der Waals surface area contributed by atoms with Crippen molar-refractivity contribution in [3.05, 3.63) is 24.0 Å². The van der Waals surface area contributed by atoms with E-state index in [0.29, 0.717) is 11.8 Å². The van der Waals surface area contributed by atoms with Gasteiger partial charge in [0.15, 0.2) is 0 Å². The van der Waals surface area contributed by atoms with E-state index in [-0.39, 0.29) is 5.92 Å². The van der Waals surface area contributed by atoms with Crippen molar-refractivity contribution in [2.24, 2.45) is 29.6 Å². The molecule has 0 saturated heterocycles. The molecule has 3 aliphatic rings. The van der Waals surface area contributed by atoms with E-state index >= 15 is 4.39 Å². The SMILES string of the molecule is COC1=CC(C2CC3CCC(C3)C2CN(C)C)C(C)(F)C=C1. The number of allylic oxidation sites excluding steroid dienone is 3. The zero-order valence-electron chi connectivity index (χ0n) is 14.4. The molecule has 124 valence electrons. The van der Waals surface area contributed by atoms with Crippen LogP contribution in [0.25, 0.3) is 0 Å². The molecule has 0 aromatic carbocycles. The van der Waals surface area contributed by atoms with E-state index in [1.807, 2.05) is 0 Å². The van der Waals surface area contributed by atoms with Crippen LogP contribution < -0.4 is 0 Å². The predicted molar refractivity (Wildman–Crippen MR) is 88.2 cm³/mol. The number of halogens is 1. The molecule has 2 saturated carbocycles. The van der Waals surface area contributed by atoms with Crippen LogP contribution in [0.15, 0.2) is 24.0 Å². The van der Waals surface area contributed by atoms with Crippen molar-refractivity contribution in [2.45, 2.75) is 38.3 Å². The molecule has 6 atom stereocenters. The second-order valence-corrected chi connectivity index (χ2v) is 8.05. The van der Waals surface area contributed by atoms with Crippen LogP contribution in [0.5, 0.6) is 0 Å². The van der Waals surface area contributed by atoms with Crippen molar-refractivity contribution in [3.8, 4) is 0 Å². The van der Waals surface area contributed by atoms with Crippen LogP contribution in [-0.4, -0.2) is 38.3 Å². The van der Waals surface area contributed by atoms with Gasteiger partial charge in [-0.1, -0.05) is 6.42 Å². The maximum atomic E-state index is 15.2. The lowest BCUT2D eigenvalue weighted by Crippen LogP contribution is -2.44. The summed E-state index contributed by atoms with van der Waals surface area (Å²) in [6.45, 7) is 2.81. The topological polar surface area (TPSA) is 12.5 Å². The second kappa shape index (κ2) is 5.99. The molecule has 0 radical (unpaired) electrons. The normalized spacial score (nSPS) is 44.3. The Labute approximate surface area is 134 Å². The van der Waals surface area contributed by atoms with Crippen LogP contribution in [0.4, 0.5) is 4.39 Å². The summed E-state index contributed by atoms with van der Waals surface area (Å²) < 4.78 is 20.6. The maximum absolute atomic E-state index is 15.2. The average Bonchev–Trinajstić information content (AvgIpc) is 2.85. The van der Waals surface area contributed by atoms with Crippen LogP contribution >= 0.6 is 0 Å². The summed E-state index contributed by atoms with van der Waals surface area (Å²) in [4.78, 5) is 2.28. The van der Waals surface area contributed by atoms with Gasteiger partial charge >= 0.3 is 0 Å². The number of fused-ring (bicyclic) bond motifs is 2. The highest BCUT2D eigenvalue weighted by Gasteiger charge is 2.49. The van der Waals surface area contributed by atoms with Crippen molar-refractivity contribution >= 4 is 0 Å². The average molecular weight is 307 g/mol. The third kappa shape index (κ3) is 2.97. The number of hydrogen-bond donors (Lipinski definition) is 0. The van der Waals surface area contributed by atoms with Gasteiger partial charge in [0.05, 0.1) is 7.11 Å². The minimum atomic E-state index is -1.26. The largest absolute Gasteiger partial charge is 0.497 e. The number of hydrogen-bond acceptors (Lipinski definition) is 2. The number of rotatable bonds is 4. The van der Waals surface area contributed by atoms with Gasteiger partial charge < -0.3 is 9.64 Å². The molecule has 22 heavy (non-hydrogen) atoms. The molecular formula is C19H30FNO. The Hall–Kier alpha value is -0.830. The van der Waals surface area contributed by atoms with Gasteiger partial charge in [-0.2, -0.15) is 0 Å². The lowest BCUT2D eigenvalue weighted by atomic mass is 9.63. The smallest absolute Gasteiger partial charge is 0.133 e. The van der Waals surface area contributed by atoms with Gasteiger partial charge in [-0.05, 0) is 82.2 Å². The van der Waals surface area contributed by atoms with E-state index in [4.69, 9.17) is 4.74 Å². The fourth-order valence-corrected chi connectivity index (χ4v) is 5.17. The predicted octanol–water partition coefficient (Wildman–Crippen LogP) is 4.04. The van der Waals surface area contributed by atoms with Gasteiger partial charge in [-0.3, -0.25) is 0 Å². The lowest BCUT2D eigenvalue weighted by molar-refractivity contribution is 0.0350. The Morgan fingerprint density at radius 2 is 2.09 bits per heavy atom. The van der Waals surface area contributed by atoms with Crippen LogP contribution in [-0.2, 0) is 4.74 Å². The van der Waals surface area contributed by atoms with Gasteiger partial charge in [0.2, 0.25) is 0 Å². The molecule has 2 nitrogen and oxygen atoms in total. The highest BCUT2D eigenvalue weighted by atomic mass is 19.1. The highest BCUT2D eigenvalue weighted by molar-refractivity contribution is 5.27. The maximum Gasteiger partial charge on any atom is 0.133 e. The molecular weight excluding hydrogens is 277 g/mol. The molecule has 0 aliphatic heterocycles. The molecule has 0 amide bonds. The molecule has 3 aliphatic carbocycles. The van der Waals surface area contributed by atoms with Gasteiger partial charge in [0.25, 0.3) is 0 Å². The van der Waals surface area contributed by atoms with E-state index in [1.54, 1.807) is 26.2 Å². The summed E-state index contributed by atoms with van der Waals surface area (Å²) in [6.07, 6.45) is 10.8. The number of methoxy groups -OCH3 is 1. The fraction of sp³-hybridized carbons (Fsp3) is 0.789. The Balaban J connectivity index is 1.89. The molecule has 0 spiro atoms. The first-order valence-corrected chi connectivity index (χ1v) is 8.69. The van der Waals surface area contributed by atoms with E-state index in [1.165, 1.54) is 25.7 Å². The molecule has 6 unspecified atom stereocenters. The molecule has 0 heterocycles. The molecule has 3 heteroatoms. The van der Waals surface area contributed by atoms with Crippen molar-refractivity contribution in [2.75, 3.05) is 27.7 Å². The van der Waals surface area contributed by atoms with Crippen molar-refractivity contribution < 1.29 is 9.13 Å². The zero-order valence-corrected chi connectivity index (χ0v) is 14.4. The molecule has 2 fully saturated rings. The summed E-state index contributed by atoms with van der Waals surface area (Å²) in [7, 11) is 5.96. The second-order valence-electron chi connectivity index (χ2n) is 8.05. The summed E-state index contributed by atoms with van der Waals surface area (Å²) in [5.41, 5.74) is -1.26. The van der Waals surface area contributed by atoms with Crippen molar-refractivity contribution in [1.29, 1.82) is 0 Å². The molecule has 0 aromatic rings. The minimum Gasteiger partial charge on any atom is -0.497 e. The van der Waals surface area contributed by atoms with Crippen LogP contribution in [0.1, 0.15) is 32.6 Å². The summed E-state index contributed by atoms with van der Waals surface area (Å²) in [6, 6.07) is 0. The Bertz CT molecular complexity index is 468. The minimum absolute atomic E-state index is 0.0548. The number of alkyl halides is 1. The highest BCUT2D eigenvalue weighted by Crippen LogP contribution is 2.53. The summed E-state index contributed by atoms with van der Waals surface area (Å²) >= 11 is 0. The van der Waals surface area contributed by atoms with Crippen LogP contribution in [0.2, 0.25) is 0 Å². The number of ether oxygens (including phenoxy) is 1. The monoisotopic (exact) mass is 307 g/mol. The van der Waals surface area contributed by atoms with Gasteiger partial charge in [0, 0.05) is 12.5 Å². The Kier molecular flexibility index (Phi) is 4.37. The van der Waals surface area contributed by atoms with Crippen LogP contribution in [0, 0.1) is 29.6 Å². The Morgan fingerprint density at radius 3 is 2.77 bits per heavy atom. The standard InChI is InChI=1S/C19H30FNO/c1-19(20)8-7-15(22-4)11-18(19)16-10-13-5-6-14(9-13)17(16)12-21(2)3/h7-8,11,13-14,16-18H,5-6,9-10,12H2,1-4H3. The molecule has 2 bridgehead atoms. The quantitative estimate of drug-likeness (QED) is 0.777. The molecule has 0 aromatic heterocycles. The van der Waals surface area contributed by atoms with Crippen molar-refractivity contribution in [3.63, 3.8) is 0 Å².